The van der Waals surface area contributed by atoms with E-state index in [1.165, 1.54) is 0 Å². The normalized spacial score (nSPS) is 13.9. The van der Waals surface area contributed by atoms with E-state index in [0.29, 0.717) is 11.3 Å². The molecule has 0 spiro atoms. The number of para-hydroxylation sites is 1. The van der Waals surface area contributed by atoms with Crippen molar-refractivity contribution in [3.8, 4) is 0 Å². The highest BCUT2D eigenvalue weighted by Gasteiger charge is 2.19. The molecule has 0 bridgehead atoms. The van der Waals surface area contributed by atoms with Gasteiger partial charge >= 0.3 is 0 Å². The van der Waals surface area contributed by atoms with Gasteiger partial charge in [0.15, 0.2) is 0 Å². The predicted octanol–water partition coefficient (Wildman–Crippen LogP) is 1.36. The number of aliphatic hydroxyl groups excluding tert-OH is 2. The Kier molecular flexibility index (Phi) is 4.60. The molecule has 1 aromatic carbocycles. The molecule has 1 aromatic rings. The summed E-state index contributed by atoms with van der Waals surface area (Å²) in [5.41, 5.74) is 14.6. The zero-order valence-electron chi connectivity index (χ0n) is 8.69. The number of anilines is 1. The lowest BCUT2D eigenvalue weighted by Crippen LogP contribution is -2.20. The third-order valence-corrected chi connectivity index (χ3v) is 2.27. The van der Waals surface area contributed by atoms with Crippen LogP contribution in [0.4, 0.5) is 5.69 Å². The Bertz CT molecular complexity index is 390. The van der Waals surface area contributed by atoms with Gasteiger partial charge in [0.2, 0.25) is 0 Å². The maximum Gasteiger partial charge on any atom is 0.107 e. The molecule has 0 heterocycles. The van der Waals surface area contributed by atoms with Crippen molar-refractivity contribution in [3.63, 3.8) is 0 Å². The summed E-state index contributed by atoms with van der Waals surface area (Å²) < 4.78 is 0. The molecule has 2 unspecified atom stereocenters. The minimum atomic E-state index is -1.06. The summed E-state index contributed by atoms with van der Waals surface area (Å²) in [5.74, 6) is 0. The third kappa shape index (κ3) is 3.13. The average Bonchev–Trinajstić information content (AvgIpc) is 2.29. The van der Waals surface area contributed by atoms with Crippen LogP contribution in [0.5, 0.6) is 0 Å². The van der Waals surface area contributed by atoms with Gasteiger partial charge in [0, 0.05) is 22.7 Å². The van der Waals surface area contributed by atoms with Crippen LogP contribution in [0, 0.1) is 0 Å². The van der Waals surface area contributed by atoms with Gasteiger partial charge < -0.3 is 15.9 Å². The highest BCUT2D eigenvalue weighted by molar-refractivity contribution is 5.47. The number of aliphatic hydroxyl groups is 2. The molecule has 0 aromatic heterocycles. The lowest BCUT2D eigenvalue weighted by atomic mass is 10.0. The molecule has 16 heavy (non-hydrogen) atoms. The van der Waals surface area contributed by atoms with E-state index in [1.807, 2.05) is 0 Å². The maximum absolute atomic E-state index is 9.80. The first-order valence-corrected chi connectivity index (χ1v) is 4.88. The van der Waals surface area contributed by atoms with E-state index in [0.717, 1.165) is 0 Å². The van der Waals surface area contributed by atoms with Crippen molar-refractivity contribution in [2.45, 2.75) is 18.6 Å². The Morgan fingerprint density at radius 1 is 1.38 bits per heavy atom. The van der Waals surface area contributed by atoms with E-state index >= 15 is 0 Å². The molecule has 0 aliphatic heterocycles. The van der Waals surface area contributed by atoms with Crippen molar-refractivity contribution in [2.75, 3.05) is 12.3 Å². The quantitative estimate of drug-likeness (QED) is 0.302. The van der Waals surface area contributed by atoms with Gasteiger partial charge in [-0.1, -0.05) is 23.3 Å². The van der Waals surface area contributed by atoms with Crippen molar-refractivity contribution >= 4 is 5.69 Å². The van der Waals surface area contributed by atoms with Crippen LogP contribution in [-0.4, -0.2) is 22.9 Å². The number of nitrogens with zero attached hydrogens (tertiary/aromatic N) is 3. The van der Waals surface area contributed by atoms with Gasteiger partial charge in [0.05, 0.1) is 6.10 Å². The van der Waals surface area contributed by atoms with Crippen LogP contribution < -0.4 is 5.73 Å². The number of nitrogen functional groups attached to an aromatic ring is 1. The van der Waals surface area contributed by atoms with Crippen LogP contribution in [-0.2, 0) is 0 Å². The fraction of sp³-hybridized carbons (Fsp3) is 0.400. The molecule has 6 heteroatoms. The number of benzene rings is 1. The van der Waals surface area contributed by atoms with E-state index in [9.17, 15) is 10.2 Å². The second kappa shape index (κ2) is 5.97. The molecule has 2 atom stereocenters. The number of hydrogen-bond acceptors (Lipinski definition) is 4. The fourth-order valence-corrected chi connectivity index (χ4v) is 1.38. The Hall–Kier alpha value is -1.75. The van der Waals surface area contributed by atoms with Crippen LogP contribution in [0.3, 0.4) is 0 Å². The third-order valence-electron chi connectivity index (χ3n) is 2.27. The van der Waals surface area contributed by atoms with Gasteiger partial charge in [0.25, 0.3) is 0 Å². The Morgan fingerprint density at radius 2 is 2.06 bits per heavy atom. The number of rotatable bonds is 5. The van der Waals surface area contributed by atoms with Crippen molar-refractivity contribution in [3.05, 3.63) is 40.3 Å². The fourth-order valence-electron chi connectivity index (χ4n) is 1.38. The van der Waals surface area contributed by atoms with E-state index in [1.54, 1.807) is 24.3 Å². The summed E-state index contributed by atoms with van der Waals surface area (Å²) >= 11 is 0. The largest absolute Gasteiger partial charge is 0.398 e. The minimum absolute atomic E-state index is 0.140. The number of azide groups is 1. The topological polar surface area (TPSA) is 115 Å². The molecular formula is C10H14N4O2. The van der Waals surface area contributed by atoms with Crippen LogP contribution in [0.15, 0.2) is 29.4 Å². The number of nitrogens with two attached hydrogens (primary N) is 1. The summed E-state index contributed by atoms with van der Waals surface area (Å²) in [5, 5.41) is 22.7. The van der Waals surface area contributed by atoms with Crippen molar-refractivity contribution in [1.29, 1.82) is 0 Å². The molecule has 0 amide bonds. The first-order chi connectivity index (χ1) is 7.66. The Balaban J connectivity index is 2.66. The highest BCUT2D eigenvalue weighted by atomic mass is 16.3. The summed E-state index contributed by atoms with van der Waals surface area (Å²) in [6.07, 6.45) is -1.86. The van der Waals surface area contributed by atoms with E-state index < -0.39 is 12.2 Å². The molecule has 0 saturated carbocycles. The maximum atomic E-state index is 9.80. The average molecular weight is 222 g/mol. The molecule has 1 rings (SSSR count). The van der Waals surface area contributed by atoms with Crippen LogP contribution >= 0.6 is 0 Å². The van der Waals surface area contributed by atoms with Gasteiger partial charge in [-0.05, 0) is 18.0 Å². The summed E-state index contributed by atoms with van der Waals surface area (Å²) in [7, 11) is 0. The van der Waals surface area contributed by atoms with E-state index in [2.05, 4.69) is 10.0 Å². The standard InChI is InChI=1S/C10H14N4O2/c11-8-4-2-1-3-7(8)10(16)9(15)5-6-13-14-12/h1-4,9-10,15-16H,5-6,11H2. The lowest BCUT2D eigenvalue weighted by Gasteiger charge is -2.18. The molecular weight excluding hydrogens is 208 g/mol. The van der Waals surface area contributed by atoms with Crippen LogP contribution in [0.2, 0.25) is 0 Å². The summed E-state index contributed by atoms with van der Waals surface area (Å²) in [6.45, 7) is 0.140. The minimum Gasteiger partial charge on any atom is -0.398 e. The van der Waals surface area contributed by atoms with Crippen molar-refractivity contribution in [1.82, 2.24) is 0 Å². The second-order valence-corrected chi connectivity index (χ2v) is 3.38. The molecule has 0 aliphatic rings. The van der Waals surface area contributed by atoms with E-state index in [4.69, 9.17) is 11.3 Å². The Morgan fingerprint density at radius 3 is 2.69 bits per heavy atom. The van der Waals surface area contributed by atoms with Gasteiger partial charge in [0.1, 0.15) is 6.10 Å². The zero-order valence-corrected chi connectivity index (χ0v) is 8.69. The van der Waals surface area contributed by atoms with Crippen molar-refractivity contribution in [2.24, 2.45) is 5.11 Å². The smallest absolute Gasteiger partial charge is 0.107 e. The summed E-state index contributed by atoms with van der Waals surface area (Å²) in [6, 6.07) is 6.78. The molecule has 0 aliphatic carbocycles. The number of hydrogen-bond donors (Lipinski definition) is 3. The van der Waals surface area contributed by atoms with Gasteiger partial charge in [-0.25, -0.2) is 0 Å². The first kappa shape index (κ1) is 12.3. The molecule has 0 fully saturated rings. The second-order valence-electron chi connectivity index (χ2n) is 3.38. The molecule has 4 N–H and O–H groups in total. The van der Waals surface area contributed by atoms with Gasteiger partial charge in [-0.15, -0.1) is 0 Å². The summed E-state index contributed by atoms with van der Waals surface area (Å²) in [4.78, 5) is 2.56. The first-order valence-electron chi connectivity index (χ1n) is 4.88. The van der Waals surface area contributed by atoms with Crippen molar-refractivity contribution < 1.29 is 10.2 Å². The van der Waals surface area contributed by atoms with Gasteiger partial charge in [-0.3, -0.25) is 0 Å². The molecule has 0 saturated heterocycles. The van der Waals surface area contributed by atoms with Gasteiger partial charge in [-0.2, -0.15) is 0 Å². The molecule has 6 nitrogen and oxygen atoms in total. The highest BCUT2D eigenvalue weighted by Crippen LogP contribution is 2.24. The van der Waals surface area contributed by atoms with Crippen LogP contribution in [0.25, 0.3) is 10.4 Å². The zero-order chi connectivity index (χ0) is 12.0. The molecule has 86 valence electrons. The lowest BCUT2D eigenvalue weighted by molar-refractivity contribution is 0.0154. The van der Waals surface area contributed by atoms with E-state index in [-0.39, 0.29) is 13.0 Å². The Labute approximate surface area is 93.0 Å². The van der Waals surface area contributed by atoms with Crippen LogP contribution in [0.1, 0.15) is 18.1 Å². The monoisotopic (exact) mass is 222 g/mol. The predicted molar refractivity (Wildman–Crippen MR) is 60.5 cm³/mol. The SMILES string of the molecule is [N-]=[N+]=NCCC(O)C(O)c1ccccc1N. The molecule has 0 radical (unpaired) electrons.